The largest absolute Gasteiger partial charge is 0.444 e. The molecule has 122 valence electrons. The number of hydrogen-bond acceptors (Lipinski definition) is 4. The summed E-state index contributed by atoms with van der Waals surface area (Å²) in [7, 11) is 0. The number of amides is 1. The van der Waals surface area contributed by atoms with Crippen molar-refractivity contribution in [1.29, 1.82) is 0 Å². The molecule has 1 fully saturated rings. The van der Waals surface area contributed by atoms with Crippen LogP contribution in [0.1, 0.15) is 32.8 Å². The molecule has 0 aromatic carbocycles. The highest BCUT2D eigenvalue weighted by molar-refractivity contribution is 6.31. The standard InChI is InChI=1S/C16H24ClN3O2/c1-16(2,3)22-15(21)20-7-5-12(10-20)14(18)8-11-4-6-19-9-13(11)17/h4,6,9,12,14H,5,7-8,10,18H2,1-3H3. The summed E-state index contributed by atoms with van der Waals surface area (Å²) < 4.78 is 5.40. The second kappa shape index (κ2) is 6.84. The number of halogens is 1. The normalized spacial score (nSPS) is 20.0. The third-order valence-electron chi connectivity index (χ3n) is 3.79. The van der Waals surface area contributed by atoms with Gasteiger partial charge in [0.2, 0.25) is 0 Å². The molecule has 5 nitrogen and oxygen atoms in total. The molecule has 1 amide bonds. The van der Waals surface area contributed by atoms with Crippen molar-refractivity contribution in [2.45, 2.75) is 45.3 Å². The number of ether oxygens (including phenoxy) is 1. The summed E-state index contributed by atoms with van der Waals surface area (Å²) in [4.78, 5) is 17.8. The van der Waals surface area contributed by atoms with Crippen molar-refractivity contribution < 1.29 is 9.53 Å². The highest BCUT2D eigenvalue weighted by Gasteiger charge is 2.32. The molecule has 1 aliphatic rings. The molecule has 1 aromatic heterocycles. The maximum Gasteiger partial charge on any atom is 0.410 e. The van der Waals surface area contributed by atoms with Crippen LogP contribution in [0.5, 0.6) is 0 Å². The fraction of sp³-hybridized carbons (Fsp3) is 0.625. The van der Waals surface area contributed by atoms with Crippen LogP contribution in [0.4, 0.5) is 4.79 Å². The van der Waals surface area contributed by atoms with E-state index in [9.17, 15) is 4.79 Å². The molecule has 2 atom stereocenters. The van der Waals surface area contributed by atoms with Crippen LogP contribution in [0, 0.1) is 5.92 Å². The van der Waals surface area contributed by atoms with Crippen LogP contribution in [0.2, 0.25) is 5.02 Å². The molecule has 1 saturated heterocycles. The third kappa shape index (κ3) is 4.58. The topological polar surface area (TPSA) is 68.5 Å². The average Bonchev–Trinajstić information content (AvgIpc) is 2.89. The van der Waals surface area contributed by atoms with Crippen molar-refractivity contribution in [3.05, 3.63) is 29.0 Å². The van der Waals surface area contributed by atoms with E-state index in [2.05, 4.69) is 4.98 Å². The first-order chi connectivity index (χ1) is 10.3. The number of aromatic nitrogens is 1. The highest BCUT2D eigenvalue weighted by Crippen LogP contribution is 2.24. The number of hydrogen-bond donors (Lipinski definition) is 1. The second-order valence-corrected chi connectivity index (χ2v) is 7.22. The molecule has 6 heteroatoms. The number of carbonyl (C=O) groups excluding carboxylic acids is 1. The predicted molar refractivity (Wildman–Crippen MR) is 86.8 cm³/mol. The molecule has 2 unspecified atom stereocenters. The van der Waals surface area contributed by atoms with Crippen LogP contribution in [0.3, 0.4) is 0 Å². The molecular weight excluding hydrogens is 302 g/mol. The van der Waals surface area contributed by atoms with E-state index in [-0.39, 0.29) is 18.1 Å². The molecule has 1 aliphatic heterocycles. The quantitative estimate of drug-likeness (QED) is 0.927. The van der Waals surface area contributed by atoms with Crippen molar-refractivity contribution in [1.82, 2.24) is 9.88 Å². The van der Waals surface area contributed by atoms with Crippen LogP contribution in [0.15, 0.2) is 18.5 Å². The molecular formula is C16H24ClN3O2. The number of pyridine rings is 1. The zero-order chi connectivity index (χ0) is 16.3. The monoisotopic (exact) mass is 325 g/mol. The van der Waals surface area contributed by atoms with Crippen LogP contribution in [-0.4, -0.2) is 40.7 Å². The van der Waals surface area contributed by atoms with Crippen LogP contribution < -0.4 is 5.73 Å². The third-order valence-corrected chi connectivity index (χ3v) is 4.13. The maximum atomic E-state index is 12.1. The summed E-state index contributed by atoms with van der Waals surface area (Å²) in [5.74, 6) is 0.261. The van der Waals surface area contributed by atoms with E-state index in [1.165, 1.54) is 0 Å². The van der Waals surface area contributed by atoms with Gasteiger partial charge in [-0.3, -0.25) is 4.98 Å². The SMILES string of the molecule is CC(C)(C)OC(=O)N1CCC(C(N)Cc2ccncc2Cl)C1. The lowest BCUT2D eigenvalue weighted by Gasteiger charge is -2.25. The minimum absolute atomic E-state index is 0.0349. The first-order valence-electron chi connectivity index (χ1n) is 7.58. The van der Waals surface area contributed by atoms with Gasteiger partial charge in [0.25, 0.3) is 0 Å². The number of nitrogens with two attached hydrogens (primary N) is 1. The molecule has 1 aromatic rings. The Morgan fingerprint density at radius 1 is 1.59 bits per heavy atom. The van der Waals surface area contributed by atoms with E-state index in [0.29, 0.717) is 24.5 Å². The van der Waals surface area contributed by atoms with Gasteiger partial charge in [-0.2, -0.15) is 0 Å². The minimum Gasteiger partial charge on any atom is -0.444 e. The Kier molecular flexibility index (Phi) is 5.29. The van der Waals surface area contributed by atoms with Gasteiger partial charge in [0, 0.05) is 31.5 Å². The van der Waals surface area contributed by atoms with E-state index in [1.54, 1.807) is 17.3 Å². The van der Waals surface area contributed by atoms with E-state index in [0.717, 1.165) is 12.0 Å². The number of carbonyl (C=O) groups is 1. The molecule has 2 rings (SSSR count). The second-order valence-electron chi connectivity index (χ2n) is 6.81. The fourth-order valence-corrected chi connectivity index (χ4v) is 2.82. The minimum atomic E-state index is -0.470. The van der Waals surface area contributed by atoms with E-state index >= 15 is 0 Å². The first-order valence-corrected chi connectivity index (χ1v) is 7.96. The van der Waals surface area contributed by atoms with Crippen molar-refractivity contribution in [2.75, 3.05) is 13.1 Å². The van der Waals surface area contributed by atoms with Gasteiger partial charge >= 0.3 is 6.09 Å². The summed E-state index contributed by atoms with van der Waals surface area (Å²) in [6, 6.07) is 1.86. The molecule has 2 N–H and O–H groups in total. The first kappa shape index (κ1) is 17.0. The summed E-state index contributed by atoms with van der Waals surface area (Å²) in [6.45, 7) is 6.94. The smallest absolute Gasteiger partial charge is 0.410 e. The van der Waals surface area contributed by atoms with E-state index in [1.807, 2.05) is 26.8 Å². The Hall–Kier alpha value is -1.33. The zero-order valence-electron chi connectivity index (χ0n) is 13.4. The Balaban J connectivity index is 1.90. The number of nitrogens with zero attached hydrogens (tertiary/aromatic N) is 2. The summed E-state index contributed by atoms with van der Waals surface area (Å²) >= 11 is 6.12. The van der Waals surface area contributed by atoms with E-state index < -0.39 is 5.60 Å². The lowest BCUT2D eigenvalue weighted by Crippen LogP contribution is -2.38. The summed E-state index contributed by atoms with van der Waals surface area (Å²) in [6.07, 6.45) is 4.67. The van der Waals surface area contributed by atoms with Crippen molar-refractivity contribution in [2.24, 2.45) is 11.7 Å². The number of likely N-dealkylation sites (tertiary alicyclic amines) is 1. The van der Waals surface area contributed by atoms with Gasteiger partial charge in [-0.05, 0) is 51.2 Å². The molecule has 0 saturated carbocycles. The van der Waals surface area contributed by atoms with Crippen molar-refractivity contribution in [3.8, 4) is 0 Å². The van der Waals surface area contributed by atoms with Crippen molar-refractivity contribution >= 4 is 17.7 Å². The lowest BCUT2D eigenvalue weighted by atomic mass is 9.94. The maximum absolute atomic E-state index is 12.1. The summed E-state index contributed by atoms with van der Waals surface area (Å²) in [5, 5.41) is 0.639. The molecule has 0 radical (unpaired) electrons. The van der Waals surface area contributed by atoms with Crippen LogP contribution in [0.25, 0.3) is 0 Å². The Labute approximate surface area is 136 Å². The zero-order valence-corrected chi connectivity index (χ0v) is 14.1. The van der Waals surface area contributed by atoms with Gasteiger partial charge in [0.15, 0.2) is 0 Å². The molecule has 0 bridgehead atoms. The van der Waals surface area contributed by atoms with Crippen molar-refractivity contribution in [3.63, 3.8) is 0 Å². The average molecular weight is 326 g/mol. The lowest BCUT2D eigenvalue weighted by molar-refractivity contribution is 0.0286. The Morgan fingerprint density at radius 2 is 2.32 bits per heavy atom. The molecule has 0 aliphatic carbocycles. The number of rotatable bonds is 3. The Morgan fingerprint density at radius 3 is 2.95 bits per heavy atom. The van der Waals surface area contributed by atoms with Crippen LogP contribution >= 0.6 is 11.6 Å². The highest BCUT2D eigenvalue weighted by atomic mass is 35.5. The molecule has 22 heavy (non-hydrogen) atoms. The molecule has 2 heterocycles. The van der Waals surface area contributed by atoms with Gasteiger partial charge in [-0.1, -0.05) is 11.6 Å². The Bertz CT molecular complexity index is 530. The van der Waals surface area contributed by atoms with E-state index in [4.69, 9.17) is 22.1 Å². The van der Waals surface area contributed by atoms with Gasteiger partial charge in [-0.15, -0.1) is 0 Å². The van der Waals surface area contributed by atoms with Gasteiger partial charge in [0.1, 0.15) is 5.60 Å². The van der Waals surface area contributed by atoms with Gasteiger partial charge < -0.3 is 15.4 Å². The summed E-state index contributed by atoms with van der Waals surface area (Å²) in [5.41, 5.74) is 6.84. The fourth-order valence-electron chi connectivity index (χ4n) is 2.62. The van der Waals surface area contributed by atoms with Gasteiger partial charge in [0.05, 0.1) is 5.02 Å². The van der Waals surface area contributed by atoms with Crippen LogP contribution in [-0.2, 0) is 11.2 Å². The van der Waals surface area contributed by atoms with Gasteiger partial charge in [-0.25, -0.2) is 4.79 Å². The predicted octanol–water partition coefficient (Wildman–Crippen LogP) is 2.86. The molecule has 0 spiro atoms.